The molecule has 0 unspecified atom stereocenters. The van der Waals surface area contributed by atoms with Crippen LogP contribution in [0.1, 0.15) is 12.8 Å². The molecule has 0 bridgehead atoms. The minimum absolute atomic E-state index is 0.592. The maximum atomic E-state index is 10.9. The summed E-state index contributed by atoms with van der Waals surface area (Å²) in [4.78, 5) is 4.60. The average Bonchev–Trinajstić information content (AvgIpc) is 2.57. The van der Waals surface area contributed by atoms with Crippen LogP contribution in [0.4, 0.5) is 11.4 Å². The number of nitrogens with two attached hydrogens (primary N) is 1. The highest BCUT2D eigenvalue weighted by Crippen LogP contribution is 2.31. The van der Waals surface area contributed by atoms with Gasteiger partial charge in [-0.15, -0.1) is 0 Å². The topological polar surface area (TPSA) is 71.2 Å². The molecule has 2 saturated heterocycles. The van der Waals surface area contributed by atoms with Crippen LogP contribution in [0.5, 0.6) is 5.75 Å². The van der Waals surface area contributed by atoms with E-state index in [0.29, 0.717) is 11.4 Å². The van der Waals surface area contributed by atoms with Crippen LogP contribution in [0.3, 0.4) is 0 Å². The Kier molecular flexibility index (Phi) is 4.94. The molecule has 3 rings (SSSR count). The second-order valence-corrected chi connectivity index (χ2v) is 6.53. The maximum Gasteiger partial charge on any atom is 0.143 e. The zero-order valence-electron chi connectivity index (χ0n) is 13.8. The van der Waals surface area contributed by atoms with E-state index < -0.39 is 5.60 Å². The molecule has 0 aliphatic carbocycles. The van der Waals surface area contributed by atoms with E-state index in [1.807, 2.05) is 18.2 Å². The van der Waals surface area contributed by atoms with E-state index in [-0.39, 0.29) is 0 Å². The van der Waals surface area contributed by atoms with Crippen LogP contribution in [-0.2, 0) is 4.74 Å². The Bertz CT molecular complexity index is 524. The number of β-amino-alcohol motifs (C(OH)–C–C–N with tert-alkyl or cyclic N) is 1. The molecule has 23 heavy (non-hydrogen) atoms. The number of rotatable bonds is 4. The van der Waals surface area contributed by atoms with Crippen molar-refractivity contribution in [2.45, 2.75) is 18.4 Å². The van der Waals surface area contributed by atoms with Crippen LogP contribution < -0.4 is 15.4 Å². The first-order chi connectivity index (χ1) is 11.1. The van der Waals surface area contributed by atoms with E-state index in [9.17, 15) is 5.11 Å². The molecular formula is C17H27N3O3. The van der Waals surface area contributed by atoms with Crippen LogP contribution in [0, 0.1) is 0 Å². The van der Waals surface area contributed by atoms with Crippen LogP contribution in [0.15, 0.2) is 18.2 Å². The smallest absolute Gasteiger partial charge is 0.143 e. The van der Waals surface area contributed by atoms with E-state index in [2.05, 4.69) is 9.80 Å². The Hall–Kier alpha value is -1.50. The van der Waals surface area contributed by atoms with Crippen LogP contribution in [0.2, 0.25) is 0 Å². The van der Waals surface area contributed by atoms with E-state index in [1.54, 1.807) is 7.11 Å². The first kappa shape index (κ1) is 16.4. The van der Waals surface area contributed by atoms with Gasteiger partial charge in [0.2, 0.25) is 0 Å². The van der Waals surface area contributed by atoms with E-state index in [1.165, 1.54) is 0 Å². The summed E-state index contributed by atoms with van der Waals surface area (Å²) in [6.07, 6.45) is 1.55. The molecule has 0 saturated carbocycles. The fourth-order valence-electron chi connectivity index (χ4n) is 3.41. The van der Waals surface area contributed by atoms with Gasteiger partial charge in [0.25, 0.3) is 0 Å². The Morgan fingerprint density at radius 2 is 1.91 bits per heavy atom. The predicted octanol–water partition coefficient (Wildman–Crippen LogP) is 0.941. The van der Waals surface area contributed by atoms with E-state index >= 15 is 0 Å². The van der Waals surface area contributed by atoms with Gasteiger partial charge < -0.3 is 25.2 Å². The number of nitrogens with zero attached hydrogens (tertiary/aromatic N) is 2. The van der Waals surface area contributed by atoms with Gasteiger partial charge in [-0.25, -0.2) is 0 Å². The van der Waals surface area contributed by atoms with Crippen LogP contribution in [0.25, 0.3) is 0 Å². The van der Waals surface area contributed by atoms with Crippen molar-refractivity contribution in [2.24, 2.45) is 0 Å². The summed E-state index contributed by atoms with van der Waals surface area (Å²) in [5, 5.41) is 10.9. The van der Waals surface area contributed by atoms with Crippen LogP contribution in [-0.4, -0.2) is 68.7 Å². The molecule has 0 amide bonds. The number of morpholine rings is 1. The van der Waals surface area contributed by atoms with Crippen molar-refractivity contribution in [3.63, 3.8) is 0 Å². The van der Waals surface area contributed by atoms with Crippen molar-refractivity contribution in [3.05, 3.63) is 18.2 Å². The summed E-state index contributed by atoms with van der Waals surface area (Å²) in [5.74, 6) is 0.705. The number of benzene rings is 1. The molecule has 2 heterocycles. The SMILES string of the molecule is COc1cc(N2CCC(O)(CN3CCOCC3)CC2)ccc1N. The zero-order valence-corrected chi connectivity index (χ0v) is 13.8. The lowest BCUT2D eigenvalue weighted by Gasteiger charge is -2.42. The van der Waals surface area contributed by atoms with Crippen molar-refractivity contribution >= 4 is 11.4 Å². The molecule has 1 aromatic carbocycles. The third-order valence-electron chi connectivity index (χ3n) is 4.90. The number of hydrogen-bond acceptors (Lipinski definition) is 6. The largest absolute Gasteiger partial charge is 0.495 e. The molecule has 0 atom stereocenters. The number of aliphatic hydroxyl groups is 1. The summed E-state index contributed by atoms with van der Waals surface area (Å²) in [6, 6.07) is 5.87. The predicted molar refractivity (Wildman–Crippen MR) is 91.1 cm³/mol. The van der Waals surface area contributed by atoms with Gasteiger partial charge in [0.05, 0.1) is 31.6 Å². The highest BCUT2D eigenvalue weighted by Gasteiger charge is 2.34. The van der Waals surface area contributed by atoms with Crippen molar-refractivity contribution < 1.29 is 14.6 Å². The standard InChI is InChI=1S/C17H27N3O3/c1-22-16-12-14(2-3-15(16)18)20-6-4-17(21,5-7-20)13-19-8-10-23-11-9-19/h2-3,12,21H,4-11,13,18H2,1H3. The van der Waals surface area contributed by atoms with Gasteiger partial charge in [-0.3, -0.25) is 4.90 Å². The number of ether oxygens (including phenoxy) is 2. The van der Waals surface area contributed by atoms with Crippen molar-refractivity contribution in [1.29, 1.82) is 0 Å². The molecular weight excluding hydrogens is 294 g/mol. The molecule has 2 aliphatic rings. The number of piperidine rings is 1. The van der Waals surface area contributed by atoms with Gasteiger partial charge >= 0.3 is 0 Å². The normalized spacial score (nSPS) is 22.1. The lowest BCUT2D eigenvalue weighted by Crippen LogP contribution is -2.53. The van der Waals surface area contributed by atoms with Gasteiger partial charge in [0.1, 0.15) is 5.75 Å². The Labute approximate surface area is 137 Å². The molecule has 3 N–H and O–H groups in total. The Morgan fingerprint density at radius 3 is 2.57 bits per heavy atom. The highest BCUT2D eigenvalue weighted by atomic mass is 16.5. The number of hydrogen-bond donors (Lipinski definition) is 2. The van der Waals surface area contributed by atoms with E-state index in [4.69, 9.17) is 15.2 Å². The molecule has 2 fully saturated rings. The third kappa shape index (κ3) is 3.88. The highest BCUT2D eigenvalue weighted by molar-refractivity contribution is 5.62. The quantitative estimate of drug-likeness (QED) is 0.804. The van der Waals surface area contributed by atoms with Gasteiger partial charge in [0.15, 0.2) is 0 Å². The Morgan fingerprint density at radius 1 is 1.22 bits per heavy atom. The molecule has 6 nitrogen and oxygen atoms in total. The molecule has 0 aromatic heterocycles. The summed E-state index contributed by atoms with van der Waals surface area (Å²) in [6.45, 7) is 5.81. The summed E-state index contributed by atoms with van der Waals surface area (Å²) < 4.78 is 10.7. The summed E-state index contributed by atoms with van der Waals surface area (Å²) in [7, 11) is 1.63. The second kappa shape index (κ2) is 6.95. The number of methoxy groups -OCH3 is 1. The van der Waals surface area contributed by atoms with Gasteiger partial charge in [-0.05, 0) is 25.0 Å². The maximum absolute atomic E-state index is 10.9. The minimum Gasteiger partial charge on any atom is -0.495 e. The molecule has 0 spiro atoms. The monoisotopic (exact) mass is 321 g/mol. The first-order valence-electron chi connectivity index (χ1n) is 8.31. The number of nitrogen functional groups attached to an aromatic ring is 1. The first-order valence-corrected chi connectivity index (χ1v) is 8.31. The molecule has 2 aliphatic heterocycles. The molecule has 6 heteroatoms. The second-order valence-electron chi connectivity index (χ2n) is 6.53. The van der Waals surface area contributed by atoms with Gasteiger partial charge in [-0.2, -0.15) is 0 Å². The van der Waals surface area contributed by atoms with Crippen molar-refractivity contribution in [1.82, 2.24) is 4.90 Å². The van der Waals surface area contributed by atoms with E-state index in [0.717, 1.165) is 64.5 Å². The third-order valence-corrected chi connectivity index (χ3v) is 4.90. The molecule has 0 radical (unpaired) electrons. The lowest BCUT2D eigenvalue weighted by atomic mass is 9.90. The lowest BCUT2D eigenvalue weighted by molar-refractivity contribution is -0.0440. The summed E-state index contributed by atoms with van der Waals surface area (Å²) >= 11 is 0. The van der Waals surface area contributed by atoms with Crippen LogP contribution >= 0.6 is 0 Å². The Balaban J connectivity index is 1.59. The fraction of sp³-hybridized carbons (Fsp3) is 0.647. The fourth-order valence-corrected chi connectivity index (χ4v) is 3.41. The van der Waals surface area contributed by atoms with Gasteiger partial charge in [-0.1, -0.05) is 0 Å². The van der Waals surface area contributed by atoms with Crippen molar-refractivity contribution in [2.75, 3.05) is 63.7 Å². The average molecular weight is 321 g/mol. The van der Waals surface area contributed by atoms with Crippen molar-refractivity contribution in [3.8, 4) is 5.75 Å². The van der Waals surface area contributed by atoms with Gasteiger partial charge in [0, 0.05) is 44.5 Å². The number of anilines is 2. The molecule has 128 valence electrons. The molecule has 1 aromatic rings. The summed E-state index contributed by atoms with van der Waals surface area (Å²) in [5.41, 5.74) is 7.04. The zero-order chi connectivity index (χ0) is 16.3. The minimum atomic E-state index is -0.592.